The van der Waals surface area contributed by atoms with Gasteiger partial charge in [-0.3, -0.25) is 14.5 Å². The summed E-state index contributed by atoms with van der Waals surface area (Å²) in [5, 5.41) is 14.2. The molecule has 1 aliphatic rings. The summed E-state index contributed by atoms with van der Waals surface area (Å²) in [6, 6.07) is 0. The first-order valence-corrected chi connectivity index (χ1v) is 8.60. The molecule has 3 aromatic rings. The predicted octanol–water partition coefficient (Wildman–Crippen LogP) is 2.66. The Kier molecular flexibility index (Phi) is 3.40. The first kappa shape index (κ1) is 13.8. The number of nitrogens with zero attached hydrogens (tertiary/aromatic N) is 4. The summed E-state index contributed by atoms with van der Waals surface area (Å²) >= 11 is 2.86. The number of aryl methyl sites for hydroxylation is 1. The lowest BCUT2D eigenvalue weighted by Gasteiger charge is -2.02. The molecular weight excluding hydrogens is 322 g/mol. The molecule has 1 atom stereocenters. The Balaban J connectivity index is 1.51. The number of hydrogen-bond acceptors (Lipinski definition) is 7. The summed E-state index contributed by atoms with van der Waals surface area (Å²) in [4.78, 5) is 17.4. The molecule has 1 N–H and O–H groups in total. The largest absolute Gasteiger partial charge is 0.371 e. The van der Waals surface area contributed by atoms with Crippen LogP contribution >= 0.6 is 22.7 Å². The van der Waals surface area contributed by atoms with Crippen LogP contribution in [0.3, 0.4) is 0 Å². The van der Waals surface area contributed by atoms with Gasteiger partial charge in [0, 0.05) is 23.9 Å². The van der Waals surface area contributed by atoms with Gasteiger partial charge >= 0.3 is 0 Å². The van der Waals surface area contributed by atoms with E-state index in [1.807, 2.05) is 16.7 Å². The first-order chi connectivity index (χ1) is 10.7. The van der Waals surface area contributed by atoms with Crippen molar-refractivity contribution in [2.24, 2.45) is 0 Å². The van der Waals surface area contributed by atoms with Crippen LogP contribution in [0, 0.1) is 6.92 Å². The summed E-state index contributed by atoms with van der Waals surface area (Å²) in [5.41, 5.74) is 1.44. The molecule has 1 amide bonds. The van der Waals surface area contributed by atoms with Gasteiger partial charge in [0.05, 0.1) is 0 Å². The van der Waals surface area contributed by atoms with Crippen molar-refractivity contribution >= 4 is 38.7 Å². The smallest absolute Gasteiger partial charge is 0.277 e. The Hall–Kier alpha value is -1.84. The van der Waals surface area contributed by atoms with Gasteiger partial charge in [0.25, 0.3) is 5.91 Å². The second-order valence-corrected chi connectivity index (χ2v) is 6.90. The molecule has 4 rings (SSSR count). The molecular formula is C13H13N5O2S2. The number of rotatable bonds is 3. The van der Waals surface area contributed by atoms with Gasteiger partial charge in [0.1, 0.15) is 16.8 Å². The second-order valence-electron chi connectivity index (χ2n) is 5.06. The van der Waals surface area contributed by atoms with Crippen LogP contribution in [-0.2, 0) is 4.74 Å². The van der Waals surface area contributed by atoms with Crippen LogP contribution in [0.15, 0.2) is 11.6 Å². The van der Waals surface area contributed by atoms with E-state index in [0.717, 1.165) is 35.1 Å². The molecule has 4 heterocycles. The third kappa shape index (κ3) is 2.40. The normalized spacial score (nSPS) is 18.1. The monoisotopic (exact) mass is 335 g/mol. The third-order valence-electron chi connectivity index (χ3n) is 3.49. The van der Waals surface area contributed by atoms with Crippen LogP contribution in [0.4, 0.5) is 5.13 Å². The highest BCUT2D eigenvalue weighted by atomic mass is 32.1. The highest BCUT2D eigenvalue weighted by Gasteiger charge is 2.23. The molecule has 1 aliphatic heterocycles. The minimum Gasteiger partial charge on any atom is -0.371 e. The van der Waals surface area contributed by atoms with Gasteiger partial charge in [-0.15, -0.1) is 21.5 Å². The highest BCUT2D eigenvalue weighted by molar-refractivity contribution is 7.15. The van der Waals surface area contributed by atoms with Gasteiger partial charge in [-0.2, -0.15) is 0 Å². The maximum absolute atomic E-state index is 12.2. The molecule has 1 saturated heterocycles. The van der Waals surface area contributed by atoms with Gasteiger partial charge in [-0.25, -0.2) is 4.98 Å². The molecule has 0 saturated carbocycles. The standard InChI is InChI=1S/C13H13N5O2S2/c1-7-6-21-13-14-8(5-18(7)13)10(19)15-12-17-16-11(22-12)9-3-2-4-20-9/h5-6,9H,2-4H2,1H3,(H,15,17,19). The highest BCUT2D eigenvalue weighted by Crippen LogP contribution is 2.32. The Labute approximate surface area is 134 Å². The lowest BCUT2D eigenvalue weighted by atomic mass is 10.2. The van der Waals surface area contributed by atoms with Crippen LogP contribution in [-0.4, -0.2) is 32.1 Å². The van der Waals surface area contributed by atoms with E-state index in [2.05, 4.69) is 20.5 Å². The lowest BCUT2D eigenvalue weighted by molar-refractivity contribution is 0.102. The summed E-state index contributed by atoms with van der Waals surface area (Å²) in [7, 11) is 0. The van der Waals surface area contributed by atoms with E-state index in [4.69, 9.17) is 4.74 Å². The van der Waals surface area contributed by atoms with Crippen molar-refractivity contribution < 1.29 is 9.53 Å². The molecule has 7 nitrogen and oxygen atoms in total. The van der Waals surface area contributed by atoms with Crippen LogP contribution in [0.1, 0.15) is 40.1 Å². The number of nitrogens with one attached hydrogen (secondary N) is 1. The van der Waals surface area contributed by atoms with Gasteiger partial charge < -0.3 is 4.74 Å². The van der Waals surface area contributed by atoms with E-state index < -0.39 is 0 Å². The minimum atomic E-state index is -0.273. The molecule has 1 unspecified atom stereocenters. The number of thiazole rings is 1. The summed E-state index contributed by atoms with van der Waals surface area (Å²) in [6.45, 7) is 2.74. The third-order valence-corrected chi connectivity index (χ3v) is 5.38. The molecule has 0 radical (unpaired) electrons. The van der Waals surface area contributed by atoms with E-state index in [1.54, 1.807) is 6.20 Å². The van der Waals surface area contributed by atoms with Crippen molar-refractivity contribution in [3.05, 3.63) is 28.0 Å². The van der Waals surface area contributed by atoms with Gasteiger partial charge in [-0.1, -0.05) is 11.3 Å². The molecule has 9 heteroatoms. The van der Waals surface area contributed by atoms with Crippen LogP contribution < -0.4 is 5.32 Å². The van der Waals surface area contributed by atoms with Crippen molar-refractivity contribution in [3.63, 3.8) is 0 Å². The topological polar surface area (TPSA) is 81.4 Å². The second kappa shape index (κ2) is 5.41. The molecule has 1 fully saturated rings. The average molecular weight is 335 g/mol. The summed E-state index contributed by atoms with van der Waals surface area (Å²) in [6.07, 6.45) is 3.75. The number of aromatic nitrogens is 4. The number of fused-ring (bicyclic) bond motifs is 1. The predicted molar refractivity (Wildman–Crippen MR) is 83.6 cm³/mol. The summed E-state index contributed by atoms with van der Waals surface area (Å²) in [5.74, 6) is -0.273. The Morgan fingerprint density at radius 2 is 2.41 bits per heavy atom. The first-order valence-electron chi connectivity index (χ1n) is 6.90. The van der Waals surface area contributed by atoms with Crippen LogP contribution in [0.25, 0.3) is 4.96 Å². The number of hydrogen-bond donors (Lipinski definition) is 1. The number of carbonyl (C=O) groups excluding carboxylic acids is 1. The van der Waals surface area contributed by atoms with E-state index in [1.165, 1.54) is 22.7 Å². The number of imidazole rings is 1. The zero-order valence-corrected chi connectivity index (χ0v) is 13.4. The van der Waals surface area contributed by atoms with Crippen molar-refractivity contribution in [1.82, 2.24) is 19.6 Å². The molecule has 114 valence electrons. The van der Waals surface area contributed by atoms with Crippen molar-refractivity contribution in [1.29, 1.82) is 0 Å². The van der Waals surface area contributed by atoms with Gasteiger partial charge in [0.15, 0.2) is 4.96 Å². The minimum absolute atomic E-state index is 0.0174. The Morgan fingerprint density at radius 1 is 1.50 bits per heavy atom. The maximum Gasteiger partial charge on any atom is 0.277 e. The van der Waals surface area contributed by atoms with Crippen molar-refractivity contribution in [2.75, 3.05) is 11.9 Å². The SMILES string of the molecule is Cc1csc2nc(C(=O)Nc3nnc(C4CCCO4)s3)cn12. The molecule has 0 aromatic carbocycles. The summed E-state index contributed by atoms with van der Waals surface area (Å²) < 4.78 is 7.47. The van der Waals surface area contributed by atoms with Crippen molar-refractivity contribution in [3.8, 4) is 0 Å². The van der Waals surface area contributed by atoms with E-state index in [9.17, 15) is 4.79 Å². The Bertz CT molecular complexity index is 831. The van der Waals surface area contributed by atoms with Crippen LogP contribution in [0.5, 0.6) is 0 Å². The number of ether oxygens (including phenoxy) is 1. The molecule has 0 bridgehead atoms. The van der Waals surface area contributed by atoms with E-state index >= 15 is 0 Å². The lowest BCUT2D eigenvalue weighted by Crippen LogP contribution is -2.12. The van der Waals surface area contributed by atoms with Crippen molar-refractivity contribution in [2.45, 2.75) is 25.9 Å². The van der Waals surface area contributed by atoms with Crippen LogP contribution in [0.2, 0.25) is 0 Å². The Morgan fingerprint density at radius 3 is 3.18 bits per heavy atom. The molecule has 0 spiro atoms. The number of carbonyl (C=O) groups is 1. The van der Waals surface area contributed by atoms with E-state index in [-0.39, 0.29) is 12.0 Å². The fraction of sp³-hybridized carbons (Fsp3) is 0.385. The van der Waals surface area contributed by atoms with Gasteiger partial charge in [0.2, 0.25) is 5.13 Å². The molecule has 0 aliphatic carbocycles. The number of amides is 1. The fourth-order valence-electron chi connectivity index (χ4n) is 2.35. The van der Waals surface area contributed by atoms with E-state index in [0.29, 0.717) is 10.8 Å². The average Bonchev–Trinajstić information content (AvgIpc) is 3.23. The zero-order valence-electron chi connectivity index (χ0n) is 11.8. The molecule has 22 heavy (non-hydrogen) atoms. The molecule has 3 aromatic heterocycles. The number of anilines is 1. The zero-order chi connectivity index (χ0) is 15.1. The maximum atomic E-state index is 12.2. The fourth-order valence-corrected chi connectivity index (χ4v) is 4.03. The van der Waals surface area contributed by atoms with Gasteiger partial charge in [-0.05, 0) is 19.8 Å². The quantitative estimate of drug-likeness (QED) is 0.796.